The molecule has 0 aliphatic rings. The Morgan fingerprint density at radius 1 is 1.10 bits per heavy atom. The summed E-state index contributed by atoms with van der Waals surface area (Å²) in [5.41, 5.74) is 8.34. The molecule has 20 heavy (non-hydrogen) atoms. The summed E-state index contributed by atoms with van der Waals surface area (Å²) >= 11 is 7.60. The first-order valence-electron chi connectivity index (χ1n) is 6.17. The number of aromatic nitrogens is 2. The molecule has 0 radical (unpaired) electrons. The number of nitrogens with two attached hydrogens (primary N) is 1. The van der Waals surface area contributed by atoms with Gasteiger partial charge in [-0.3, -0.25) is 0 Å². The van der Waals surface area contributed by atoms with Gasteiger partial charge in [0.25, 0.3) is 0 Å². The van der Waals surface area contributed by atoms with Gasteiger partial charge in [-0.25, -0.2) is 9.97 Å². The summed E-state index contributed by atoms with van der Waals surface area (Å²) in [6.07, 6.45) is 0. The summed E-state index contributed by atoms with van der Waals surface area (Å²) in [7, 11) is 0. The Bertz CT molecular complexity index is 741. The number of anilines is 1. The van der Waals surface area contributed by atoms with Crippen LogP contribution < -0.4 is 11.1 Å². The van der Waals surface area contributed by atoms with Crippen molar-refractivity contribution < 1.29 is 0 Å². The fourth-order valence-electron chi connectivity index (χ4n) is 1.97. The van der Waals surface area contributed by atoms with Gasteiger partial charge in [0.2, 0.25) is 0 Å². The molecule has 2 heterocycles. The minimum atomic E-state index is 0.595. The first-order chi connectivity index (χ1) is 9.72. The summed E-state index contributed by atoms with van der Waals surface area (Å²) < 4.78 is 0. The predicted molar refractivity (Wildman–Crippen MR) is 83.8 cm³/mol. The largest absolute Gasteiger partial charge is 0.375 e. The number of thiazole rings is 1. The van der Waals surface area contributed by atoms with Crippen LogP contribution in [-0.2, 0) is 13.1 Å². The number of nitrogen functional groups attached to an aromatic ring is 1. The van der Waals surface area contributed by atoms with E-state index in [1.807, 2.05) is 35.7 Å². The highest BCUT2D eigenvalue weighted by atomic mass is 35.5. The second-order valence-corrected chi connectivity index (χ2v) is 5.69. The Balaban J connectivity index is 1.70. The molecule has 0 saturated heterocycles. The number of hydrogen-bond acceptors (Lipinski definition) is 5. The number of nitrogens with zero attached hydrogens (tertiary/aromatic N) is 2. The highest BCUT2D eigenvalue weighted by Gasteiger charge is 2.03. The minimum Gasteiger partial charge on any atom is -0.375 e. The zero-order valence-corrected chi connectivity index (χ0v) is 12.2. The van der Waals surface area contributed by atoms with E-state index in [0.29, 0.717) is 23.2 Å². The molecule has 0 atom stereocenters. The van der Waals surface area contributed by atoms with Crippen LogP contribution in [0.4, 0.5) is 5.13 Å². The second-order valence-electron chi connectivity index (χ2n) is 4.39. The van der Waals surface area contributed by atoms with Crippen molar-refractivity contribution >= 4 is 39.0 Å². The summed E-state index contributed by atoms with van der Waals surface area (Å²) in [5, 5.41) is 7.57. The maximum Gasteiger partial charge on any atom is 0.180 e. The number of rotatable bonds is 4. The average molecular weight is 305 g/mol. The Morgan fingerprint density at radius 2 is 1.95 bits per heavy atom. The van der Waals surface area contributed by atoms with Crippen LogP contribution in [0.3, 0.4) is 0 Å². The number of halogens is 1. The van der Waals surface area contributed by atoms with Crippen LogP contribution in [-0.4, -0.2) is 9.97 Å². The van der Waals surface area contributed by atoms with Crippen molar-refractivity contribution in [3.05, 3.63) is 52.1 Å². The first-order valence-corrected chi connectivity index (χ1v) is 7.43. The summed E-state index contributed by atoms with van der Waals surface area (Å²) in [4.78, 5) is 8.77. The molecule has 6 heteroatoms. The molecule has 0 aliphatic carbocycles. The third kappa shape index (κ3) is 2.90. The van der Waals surface area contributed by atoms with Crippen LogP contribution in [0.25, 0.3) is 10.9 Å². The number of hydrogen-bond donors (Lipinski definition) is 2. The Labute approximate surface area is 125 Å². The lowest BCUT2D eigenvalue weighted by Gasteiger charge is -2.05. The van der Waals surface area contributed by atoms with Gasteiger partial charge in [0, 0.05) is 23.9 Å². The smallest absolute Gasteiger partial charge is 0.180 e. The van der Waals surface area contributed by atoms with Gasteiger partial charge in [0.05, 0.1) is 21.9 Å². The van der Waals surface area contributed by atoms with Crippen molar-refractivity contribution in [1.82, 2.24) is 15.3 Å². The molecule has 0 aliphatic heterocycles. The lowest BCUT2D eigenvalue weighted by Crippen LogP contribution is -2.14. The van der Waals surface area contributed by atoms with Crippen LogP contribution in [0, 0.1) is 0 Å². The van der Waals surface area contributed by atoms with Crippen molar-refractivity contribution in [1.29, 1.82) is 0 Å². The highest BCUT2D eigenvalue weighted by molar-refractivity contribution is 7.13. The number of pyridine rings is 1. The molecular weight excluding hydrogens is 292 g/mol. The molecule has 0 fully saturated rings. The van der Waals surface area contributed by atoms with Gasteiger partial charge in [-0.05, 0) is 12.1 Å². The lowest BCUT2D eigenvalue weighted by molar-refractivity contribution is 0.672. The van der Waals surface area contributed by atoms with Gasteiger partial charge >= 0.3 is 0 Å². The van der Waals surface area contributed by atoms with E-state index < -0.39 is 0 Å². The van der Waals surface area contributed by atoms with Crippen molar-refractivity contribution in [2.24, 2.45) is 0 Å². The summed E-state index contributed by atoms with van der Waals surface area (Å²) in [5.74, 6) is 0. The Morgan fingerprint density at radius 3 is 2.75 bits per heavy atom. The van der Waals surface area contributed by atoms with E-state index in [2.05, 4.69) is 15.3 Å². The zero-order valence-electron chi connectivity index (χ0n) is 10.6. The number of nitrogens with one attached hydrogen (secondary N) is 1. The van der Waals surface area contributed by atoms with Gasteiger partial charge in [-0.15, -0.1) is 11.3 Å². The van der Waals surface area contributed by atoms with E-state index in [1.165, 1.54) is 11.3 Å². The van der Waals surface area contributed by atoms with Crippen molar-refractivity contribution in [2.75, 3.05) is 5.73 Å². The molecule has 0 saturated carbocycles. The third-order valence-corrected chi connectivity index (χ3v) is 3.94. The van der Waals surface area contributed by atoms with Gasteiger partial charge in [-0.1, -0.05) is 29.8 Å². The fraction of sp³-hybridized carbons (Fsp3) is 0.143. The van der Waals surface area contributed by atoms with Gasteiger partial charge in [-0.2, -0.15) is 0 Å². The molecule has 102 valence electrons. The monoisotopic (exact) mass is 304 g/mol. The minimum absolute atomic E-state index is 0.595. The topological polar surface area (TPSA) is 63.8 Å². The van der Waals surface area contributed by atoms with Crippen LogP contribution in [0.15, 0.2) is 35.7 Å². The molecule has 0 amide bonds. The summed E-state index contributed by atoms with van der Waals surface area (Å²) in [6.45, 7) is 1.34. The number of benzene rings is 1. The van der Waals surface area contributed by atoms with Gasteiger partial charge in [0.15, 0.2) is 5.13 Å². The maximum atomic E-state index is 6.16. The molecule has 0 unspecified atom stereocenters. The molecule has 4 nitrogen and oxygen atoms in total. The van der Waals surface area contributed by atoms with Crippen LogP contribution in [0.1, 0.15) is 11.4 Å². The quantitative estimate of drug-likeness (QED) is 0.777. The normalized spacial score (nSPS) is 11.1. The lowest BCUT2D eigenvalue weighted by atomic mass is 10.2. The molecule has 3 rings (SSSR count). The summed E-state index contributed by atoms with van der Waals surface area (Å²) in [6, 6.07) is 9.82. The van der Waals surface area contributed by atoms with Crippen molar-refractivity contribution in [2.45, 2.75) is 13.1 Å². The molecular formula is C14H13ClN4S. The number of fused-ring (bicyclic) bond motifs is 1. The van der Waals surface area contributed by atoms with E-state index in [-0.39, 0.29) is 0 Å². The third-order valence-electron chi connectivity index (χ3n) is 2.91. The molecule has 0 bridgehead atoms. The molecule has 1 aromatic carbocycles. The van der Waals surface area contributed by atoms with E-state index in [9.17, 15) is 0 Å². The van der Waals surface area contributed by atoms with E-state index in [4.69, 9.17) is 17.3 Å². The van der Waals surface area contributed by atoms with E-state index >= 15 is 0 Å². The highest BCUT2D eigenvalue weighted by Crippen LogP contribution is 2.21. The Hall–Kier alpha value is -1.69. The van der Waals surface area contributed by atoms with Crippen LogP contribution in [0.5, 0.6) is 0 Å². The second kappa shape index (κ2) is 5.75. The SMILES string of the molecule is Nc1nc(CNCc2ccc3cccc(Cl)c3n2)cs1. The van der Waals surface area contributed by atoms with Crippen molar-refractivity contribution in [3.8, 4) is 0 Å². The van der Waals surface area contributed by atoms with E-state index in [1.54, 1.807) is 0 Å². The van der Waals surface area contributed by atoms with Gasteiger partial charge < -0.3 is 11.1 Å². The number of para-hydroxylation sites is 1. The zero-order chi connectivity index (χ0) is 13.9. The predicted octanol–water partition coefficient (Wildman–Crippen LogP) is 3.22. The average Bonchev–Trinajstić information content (AvgIpc) is 2.85. The first kappa shape index (κ1) is 13.3. The molecule has 3 N–H and O–H groups in total. The van der Waals surface area contributed by atoms with Crippen LogP contribution in [0.2, 0.25) is 5.02 Å². The maximum absolute atomic E-state index is 6.16. The molecule has 0 spiro atoms. The van der Waals surface area contributed by atoms with Crippen molar-refractivity contribution in [3.63, 3.8) is 0 Å². The molecule has 3 aromatic rings. The van der Waals surface area contributed by atoms with Crippen LogP contribution >= 0.6 is 22.9 Å². The fourth-order valence-corrected chi connectivity index (χ4v) is 2.76. The molecule has 2 aromatic heterocycles. The van der Waals surface area contributed by atoms with E-state index in [0.717, 1.165) is 22.3 Å². The standard InChI is InChI=1S/C14H13ClN4S/c15-12-3-1-2-9-4-5-10(18-13(9)12)6-17-7-11-8-20-14(16)19-11/h1-5,8,17H,6-7H2,(H2,16,19). The van der Waals surface area contributed by atoms with Gasteiger partial charge in [0.1, 0.15) is 0 Å². The Kier molecular flexibility index (Phi) is 3.82.